The fourth-order valence-electron chi connectivity index (χ4n) is 7.09. The quantitative estimate of drug-likeness (QED) is 0.150. The van der Waals surface area contributed by atoms with Crippen molar-refractivity contribution in [3.8, 4) is 91.0 Å². The molecule has 0 saturated heterocycles. The van der Waals surface area contributed by atoms with Gasteiger partial charge in [-0.15, -0.1) is 0 Å². The SMILES string of the molecule is CC(C)(C)c1cc2cc(c1)-c1cccc(c1)Oc1cncc(n1)Oc1cccc(c1)-c1cc(cc(C(C)(C)C)c1)-c1cccc(c1)Oc1cncc(n1)Oc1cccc-2c1. The Bertz CT molecular complexity index is 2510. The van der Waals surface area contributed by atoms with E-state index in [4.69, 9.17) is 18.9 Å². The third kappa shape index (κ3) is 8.59. The maximum atomic E-state index is 6.32. The third-order valence-corrected chi connectivity index (χ3v) is 10.3. The van der Waals surface area contributed by atoms with E-state index in [1.807, 2.05) is 72.8 Å². The minimum absolute atomic E-state index is 0.116. The Kier molecular flexibility index (Phi) is 9.84. The van der Waals surface area contributed by atoms with Crippen LogP contribution >= 0.6 is 0 Å². The minimum atomic E-state index is -0.116. The van der Waals surface area contributed by atoms with E-state index in [0.717, 1.165) is 44.5 Å². The van der Waals surface area contributed by atoms with Gasteiger partial charge in [0.1, 0.15) is 23.0 Å². The van der Waals surface area contributed by atoms with Gasteiger partial charge in [-0.1, -0.05) is 114 Å². The highest BCUT2D eigenvalue weighted by Crippen LogP contribution is 2.39. The fraction of sp³-hybridized carbons (Fsp3) is 0.154. The van der Waals surface area contributed by atoms with Crippen molar-refractivity contribution in [1.29, 1.82) is 0 Å². The van der Waals surface area contributed by atoms with Crippen LogP contribution < -0.4 is 18.9 Å². The predicted molar refractivity (Wildman–Crippen MR) is 236 cm³/mol. The number of ether oxygens (including phenoxy) is 4. The van der Waals surface area contributed by atoms with Crippen LogP contribution in [0.4, 0.5) is 0 Å². The van der Waals surface area contributed by atoms with Gasteiger partial charge in [-0.3, -0.25) is 9.97 Å². The second-order valence-corrected chi connectivity index (χ2v) is 17.0. The maximum Gasteiger partial charge on any atom is 0.241 e. The molecule has 9 rings (SSSR count). The van der Waals surface area contributed by atoms with E-state index in [1.54, 1.807) is 24.8 Å². The van der Waals surface area contributed by atoms with Crippen molar-refractivity contribution in [3.63, 3.8) is 0 Å². The van der Waals surface area contributed by atoms with Gasteiger partial charge in [0.15, 0.2) is 0 Å². The van der Waals surface area contributed by atoms with E-state index in [0.29, 0.717) is 46.5 Å². The van der Waals surface area contributed by atoms with Gasteiger partial charge in [0.05, 0.1) is 24.8 Å². The first-order valence-corrected chi connectivity index (χ1v) is 20.0. The van der Waals surface area contributed by atoms with Crippen molar-refractivity contribution < 1.29 is 18.9 Å². The standard InChI is InChI=1S/C52H44N4O4/c1-51(2,3)41-21-37-19-38(22-41)34-12-8-16-44(26-34)58-48-30-54-32-50(56-48)60-46-18-10-14-36(28-46)40-20-39(23-42(24-40)52(4,5)6)35-13-9-17-45(27-35)59-49-31-53-29-47(55-49)57-43-15-7-11-33(37)25-43/h7-32H,1-6H3. The van der Waals surface area contributed by atoms with Crippen LogP contribution in [0.2, 0.25) is 0 Å². The van der Waals surface area contributed by atoms with E-state index < -0.39 is 0 Å². The summed E-state index contributed by atoms with van der Waals surface area (Å²) in [6.07, 6.45) is 6.35. The highest BCUT2D eigenvalue weighted by molar-refractivity contribution is 5.77. The topological polar surface area (TPSA) is 88.5 Å². The van der Waals surface area contributed by atoms with Crippen LogP contribution in [-0.2, 0) is 10.8 Å². The number of fused-ring (bicyclic) bond motifs is 20. The molecule has 6 aromatic carbocycles. The molecule has 0 fully saturated rings. The van der Waals surface area contributed by atoms with Crippen molar-refractivity contribution in [2.45, 2.75) is 52.4 Å². The highest BCUT2D eigenvalue weighted by atomic mass is 16.5. The van der Waals surface area contributed by atoms with E-state index in [2.05, 4.69) is 122 Å². The summed E-state index contributed by atoms with van der Waals surface area (Å²) < 4.78 is 25.3. The fourth-order valence-corrected chi connectivity index (χ4v) is 7.09. The zero-order valence-electron chi connectivity index (χ0n) is 34.4. The number of nitrogens with zero attached hydrogens (tertiary/aromatic N) is 4. The number of benzene rings is 6. The lowest BCUT2D eigenvalue weighted by molar-refractivity contribution is 0.421. The summed E-state index contributed by atoms with van der Waals surface area (Å²) in [7, 11) is 0. The summed E-state index contributed by atoms with van der Waals surface area (Å²) in [5.74, 6) is 3.77. The molecule has 296 valence electrons. The Balaban J connectivity index is 1.16. The molecule has 60 heavy (non-hydrogen) atoms. The second kappa shape index (κ2) is 15.5. The molecule has 3 heterocycles. The monoisotopic (exact) mass is 788 g/mol. The molecule has 8 aromatic rings. The molecule has 0 aliphatic carbocycles. The van der Waals surface area contributed by atoms with E-state index >= 15 is 0 Å². The third-order valence-electron chi connectivity index (χ3n) is 10.3. The largest absolute Gasteiger partial charge is 0.437 e. The summed E-state index contributed by atoms with van der Waals surface area (Å²) in [6, 6.07) is 45.3. The zero-order chi connectivity index (χ0) is 41.4. The van der Waals surface area contributed by atoms with Gasteiger partial charge in [0.25, 0.3) is 0 Å². The molecular formula is C52H44N4O4. The Morgan fingerprint density at radius 3 is 0.833 bits per heavy atom. The van der Waals surface area contributed by atoms with Crippen LogP contribution in [0.25, 0.3) is 44.5 Å². The predicted octanol–water partition coefficient (Wildman–Crippen LogP) is 14.0. The van der Waals surface area contributed by atoms with Crippen molar-refractivity contribution >= 4 is 0 Å². The molecule has 0 saturated carbocycles. The first kappa shape index (κ1) is 38.2. The summed E-state index contributed by atoms with van der Waals surface area (Å²) in [6.45, 7) is 13.3. The van der Waals surface area contributed by atoms with Crippen molar-refractivity contribution in [2.24, 2.45) is 0 Å². The lowest BCUT2D eigenvalue weighted by Crippen LogP contribution is -2.11. The summed E-state index contributed by atoms with van der Waals surface area (Å²) in [5, 5.41) is 0. The van der Waals surface area contributed by atoms with Crippen LogP contribution in [-0.4, -0.2) is 19.9 Å². The summed E-state index contributed by atoms with van der Waals surface area (Å²) in [5.41, 5.74) is 10.3. The van der Waals surface area contributed by atoms with Gasteiger partial charge in [-0.25, -0.2) is 0 Å². The number of hydrogen-bond donors (Lipinski definition) is 0. The summed E-state index contributed by atoms with van der Waals surface area (Å²) >= 11 is 0. The second-order valence-electron chi connectivity index (χ2n) is 17.0. The zero-order valence-corrected chi connectivity index (χ0v) is 34.4. The van der Waals surface area contributed by atoms with Crippen molar-refractivity contribution in [2.75, 3.05) is 0 Å². The van der Waals surface area contributed by atoms with Gasteiger partial charge in [-0.05, 0) is 127 Å². The molecule has 0 spiro atoms. The van der Waals surface area contributed by atoms with Gasteiger partial charge < -0.3 is 18.9 Å². The van der Waals surface area contributed by atoms with Gasteiger partial charge in [0.2, 0.25) is 23.5 Å². The lowest BCUT2D eigenvalue weighted by atomic mass is 9.83. The molecule has 0 unspecified atom stereocenters. The van der Waals surface area contributed by atoms with E-state index in [-0.39, 0.29) is 10.8 Å². The van der Waals surface area contributed by atoms with Crippen LogP contribution in [0.5, 0.6) is 46.5 Å². The van der Waals surface area contributed by atoms with Crippen molar-refractivity contribution in [1.82, 2.24) is 19.9 Å². The Hall–Kier alpha value is -7.32. The van der Waals surface area contributed by atoms with Crippen LogP contribution in [0.3, 0.4) is 0 Å². The number of rotatable bonds is 0. The smallest absolute Gasteiger partial charge is 0.241 e. The van der Waals surface area contributed by atoms with Gasteiger partial charge in [0, 0.05) is 0 Å². The van der Waals surface area contributed by atoms with E-state index in [9.17, 15) is 0 Å². The molecule has 1 aliphatic heterocycles. The first-order valence-electron chi connectivity index (χ1n) is 20.0. The molecule has 8 nitrogen and oxygen atoms in total. The average Bonchev–Trinajstić information content (AvgIpc) is 3.23. The molecule has 0 radical (unpaired) electrons. The number of aromatic nitrogens is 4. The van der Waals surface area contributed by atoms with Crippen LogP contribution in [0.1, 0.15) is 52.7 Å². The Morgan fingerprint density at radius 2 is 0.583 bits per heavy atom. The Labute approximate surface area is 350 Å². The van der Waals surface area contributed by atoms with Crippen LogP contribution in [0, 0.1) is 0 Å². The molecular weight excluding hydrogens is 745 g/mol. The van der Waals surface area contributed by atoms with Crippen molar-refractivity contribution in [3.05, 3.63) is 169 Å². The molecule has 0 N–H and O–H groups in total. The summed E-state index contributed by atoms with van der Waals surface area (Å²) in [4.78, 5) is 18.2. The van der Waals surface area contributed by atoms with E-state index in [1.165, 1.54) is 11.1 Å². The lowest BCUT2D eigenvalue weighted by Gasteiger charge is -2.22. The molecule has 2 aromatic heterocycles. The molecule has 1 aliphatic rings. The molecule has 16 bridgehead atoms. The average molecular weight is 789 g/mol. The highest BCUT2D eigenvalue weighted by Gasteiger charge is 2.20. The first-order chi connectivity index (χ1) is 28.9. The normalized spacial score (nSPS) is 12.4. The number of hydrogen-bond acceptors (Lipinski definition) is 8. The van der Waals surface area contributed by atoms with Gasteiger partial charge in [-0.2, -0.15) is 9.97 Å². The Morgan fingerprint density at radius 1 is 0.317 bits per heavy atom. The molecule has 0 atom stereocenters. The molecule has 0 amide bonds. The molecule has 8 heteroatoms. The van der Waals surface area contributed by atoms with Gasteiger partial charge >= 0.3 is 0 Å². The maximum absolute atomic E-state index is 6.32. The van der Waals surface area contributed by atoms with Crippen LogP contribution in [0.15, 0.2) is 158 Å². The minimum Gasteiger partial charge on any atom is -0.437 e.